The highest BCUT2D eigenvalue weighted by Crippen LogP contribution is 1.99. The van der Waals surface area contributed by atoms with Gasteiger partial charge in [0.1, 0.15) is 0 Å². The molecule has 2 heteroatoms. The first-order valence-corrected chi connectivity index (χ1v) is 6.65. The SMILES string of the molecule is CCCCO[SiH2]c1cc(C)cc(C)c1. The predicted octanol–water partition coefficient (Wildman–Crippen LogP) is 1.83. The lowest BCUT2D eigenvalue weighted by Crippen LogP contribution is -2.18. The minimum Gasteiger partial charge on any atom is -0.419 e. The molecule has 0 radical (unpaired) electrons. The van der Waals surface area contributed by atoms with E-state index in [0.29, 0.717) is 0 Å². The lowest BCUT2D eigenvalue weighted by atomic mass is 10.2. The molecule has 1 rings (SSSR count). The van der Waals surface area contributed by atoms with E-state index in [1.807, 2.05) is 0 Å². The summed E-state index contributed by atoms with van der Waals surface area (Å²) in [5.74, 6) is 0. The first-order chi connectivity index (χ1) is 6.72. The molecular formula is C12H20OSi. The van der Waals surface area contributed by atoms with Crippen LogP contribution in [0.25, 0.3) is 0 Å². The second kappa shape index (κ2) is 5.99. The van der Waals surface area contributed by atoms with Gasteiger partial charge >= 0.3 is 0 Å². The highest BCUT2D eigenvalue weighted by molar-refractivity contribution is 6.46. The molecule has 0 bridgehead atoms. The highest BCUT2D eigenvalue weighted by Gasteiger charge is 1.96. The molecule has 0 spiro atoms. The molecule has 0 saturated carbocycles. The zero-order valence-corrected chi connectivity index (χ0v) is 10.9. The Balaban J connectivity index is 2.42. The third kappa shape index (κ3) is 4.07. The minimum absolute atomic E-state index is 0.475. The standard InChI is InChI=1S/C12H20OSi/c1-4-5-6-13-14-12-8-10(2)7-11(3)9-12/h7-9H,4-6,14H2,1-3H3. The number of rotatable bonds is 5. The van der Waals surface area contributed by atoms with Crippen LogP contribution >= 0.6 is 0 Å². The molecule has 0 aliphatic carbocycles. The Morgan fingerprint density at radius 1 is 1.14 bits per heavy atom. The van der Waals surface area contributed by atoms with Crippen LogP contribution in [0.2, 0.25) is 0 Å². The maximum Gasteiger partial charge on any atom is 0.192 e. The second-order valence-corrected chi connectivity index (χ2v) is 5.42. The summed E-state index contributed by atoms with van der Waals surface area (Å²) >= 11 is 0. The molecule has 1 aromatic carbocycles. The Bertz CT molecular complexity index is 263. The van der Waals surface area contributed by atoms with Gasteiger partial charge in [-0.2, -0.15) is 0 Å². The Labute approximate surface area is 89.4 Å². The van der Waals surface area contributed by atoms with Gasteiger partial charge in [-0.1, -0.05) is 42.7 Å². The van der Waals surface area contributed by atoms with E-state index in [2.05, 4.69) is 39.0 Å². The van der Waals surface area contributed by atoms with Gasteiger partial charge in [0, 0.05) is 6.61 Å². The Kier molecular flexibility index (Phi) is 4.91. The van der Waals surface area contributed by atoms with Crippen LogP contribution in [0, 0.1) is 13.8 Å². The van der Waals surface area contributed by atoms with Crippen LogP contribution in [0.5, 0.6) is 0 Å². The molecule has 1 aromatic rings. The summed E-state index contributed by atoms with van der Waals surface area (Å²) in [6.07, 6.45) is 2.42. The topological polar surface area (TPSA) is 9.23 Å². The van der Waals surface area contributed by atoms with Gasteiger partial charge in [0.05, 0.1) is 0 Å². The molecule has 0 atom stereocenters. The molecular weight excluding hydrogens is 188 g/mol. The van der Waals surface area contributed by atoms with Crippen LogP contribution in [-0.2, 0) is 4.43 Å². The van der Waals surface area contributed by atoms with Crippen molar-refractivity contribution in [3.05, 3.63) is 29.3 Å². The van der Waals surface area contributed by atoms with Gasteiger partial charge in [0.25, 0.3) is 0 Å². The van der Waals surface area contributed by atoms with Crippen molar-refractivity contribution in [2.24, 2.45) is 0 Å². The zero-order valence-electron chi connectivity index (χ0n) is 9.47. The summed E-state index contributed by atoms with van der Waals surface area (Å²) in [5.41, 5.74) is 2.71. The molecule has 78 valence electrons. The van der Waals surface area contributed by atoms with Gasteiger partial charge in [0.2, 0.25) is 0 Å². The third-order valence-corrected chi connectivity index (χ3v) is 3.43. The van der Waals surface area contributed by atoms with Crippen molar-refractivity contribution >= 4 is 14.9 Å². The van der Waals surface area contributed by atoms with Crippen molar-refractivity contribution in [3.63, 3.8) is 0 Å². The lowest BCUT2D eigenvalue weighted by molar-refractivity contribution is 0.332. The summed E-state index contributed by atoms with van der Waals surface area (Å²) in [7, 11) is -0.475. The molecule has 0 fully saturated rings. The van der Waals surface area contributed by atoms with E-state index in [-0.39, 0.29) is 0 Å². The van der Waals surface area contributed by atoms with Crippen LogP contribution < -0.4 is 5.19 Å². The maximum atomic E-state index is 5.71. The van der Waals surface area contributed by atoms with Gasteiger partial charge in [-0.15, -0.1) is 0 Å². The molecule has 0 N–H and O–H groups in total. The second-order valence-electron chi connectivity index (χ2n) is 3.90. The van der Waals surface area contributed by atoms with Crippen LogP contribution in [0.3, 0.4) is 0 Å². The van der Waals surface area contributed by atoms with Crippen molar-refractivity contribution in [2.75, 3.05) is 6.61 Å². The molecule has 0 aromatic heterocycles. The Morgan fingerprint density at radius 2 is 1.79 bits per heavy atom. The quantitative estimate of drug-likeness (QED) is 0.530. The number of hydrogen-bond donors (Lipinski definition) is 0. The van der Waals surface area contributed by atoms with Gasteiger partial charge in [-0.3, -0.25) is 0 Å². The summed E-state index contributed by atoms with van der Waals surface area (Å²) in [6, 6.07) is 6.72. The van der Waals surface area contributed by atoms with Crippen molar-refractivity contribution in [1.82, 2.24) is 0 Å². The molecule has 0 unspecified atom stereocenters. The van der Waals surface area contributed by atoms with Gasteiger partial charge in [0.15, 0.2) is 9.76 Å². The summed E-state index contributed by atoms with van der Waals surface area (Å²) in [5, 5.41) is 1.43. The van der Waals surface area contributed by atoms with Crippen molar-refractivity contribution in [1.29, 1.82) is 0 Å². The first kappa shape index (κ1) is 11.5. The molecule has 0 aliphatic heterocycles. The zero-order chi connectivity index (χ0) is 10.4. The van der Waals surface area contributed by atoms with E-state index < -0.39 is 9.76 Å². The lowest BCUT2D eigenvalue weighted by Gasteiger charge is -2.05. The Morgan fingerprint density at radius 3 is 2.36 bits per heavy atom. The van der Waals surface area contributed by atoms with Crippen LogP contribution in [0.4, 0.5) is 0 Å². The fourth-order valence-corrected chi connectivity index (χ4v) is 2.98. The monoisotopic (exact) mass is 208 g/mol. The molecule has 0 amide bonds. The number of aryl methyl sites for hydroxylation is 2. The molecule has 0 heterocycles. The van der Waals surface area contributed by atoms with E-state index in [4.69, 9.17) is 4.43 Å². The first-order valence-electron chi connectivity index (χ1n) is 5.37. The van der Waals surface area contributed by atoms with E-state index in [1.54, 1.807) is 0 Å². The van der Waals surface area contributed by atoms with E-state index >= 15 is 0 Å². The van der Waals surface area contributed by atoms with Crippen LogP contribution in [0.1, 0.15) is 30.9 Å². The summed E-state index contributed by atoms with van der Waals surface area (Å²) < 4.78 is 5.71. The van der Waals surface area contributed by atoms with Crippen molar-refractivity contribution in [3.8, 4) is 0 Å². The fraction of sp³-hybridized carbons (Fsp3) is 0.500. The highest BCUT2D eigenvalue weighted by atomic mass is 28.2. The average Bonchev–Trinajstić information content (AvgIpc) is 2.11. The number of benzene rings is 1. The van der Waals surface area contributed by atoms with Gasteiger partial charge < -0.3 is 4.43 Å². The minimum atomic E-state index is -0.475. The van der Waals surface area contributed by atoms with E-state index in [0.717, 1.165) is 6.61 Å². The van der Waals surface area contributed by atoms with E-state index in [1.165, 1.54) is 29.2 Å². The summed E-state index contributed by atoms with van der Waals surface area (Å²) in [6.45, 7) is 7.44. The fourth-order valence-electron chi connectivity index (χ4n) is 1.59. The summed E-state index contributed by atoms with van der Waals surface area (Å²) in [4.78, 5) is 0. The largest absolute Gasteiger partial charge is 0.419 e. The van der Waals surface area contributed by atoms with Gasteiger partial charge in [-0.05, 0) is 25.5 Å². The van der Waals surface area contributed by atoms with Crippen molar-refractivity contribution < 1.29 is 4.43 Å². The predicted molar refractivity (Wildman–Crippen MR) is 65.0 cm³/mol. The van der Waals surface area contributed by atoms with Crippen LogP contribution in [-0.4, -0.2) is 16.4 Å². The molecule has 1 nitrogen and oxygen atoms in total. The van der Waals surface area contributed by atoms with E-state index in [9.17, 15) is 0 Å². The number of unbranched alkanes of at least 4 members (excludes halogenated alkanes) is 1. The van der Waals surface area contributed by atoms with Crippen LogP contribution in [0.15, 0.2) is 18.2 Å². The maximum absolute atomic E-state index is 5.71. The molecule has 0 aliphatic rings. The smallest absolute Gasteiger partial charge is 0.192 e. The number of hydrogen-bond acceptors (Lipinski definition) is 1. The normalized spacial score (nSPS) is 11.4. The Hall–Kier alpha value is -0.603. The van der Waals surface area contributed by atoms with Crippen molar-refractivity contribution in [2.45, 2.75) is 33.6 Å². The van der Waals surface area contributed by atoms with Gasteiger partial charge in [-0.25, -0.2) is 0 Å². The molecule has 0 saturated heterocycles. The third-order valence-electron chi connectivity index (χ3n) is 2.19. The molecule has 14 heavy (non-hydrogen) atoms. The average molecular weight is 208 g/mol.